The summed E-state index contributed by atoms with van der Waals surface area (Å²) in [4.78, 5) is 30.0. The molecule has 7 nitrogen and oxygen atoms in total. The number of anilines is 1. The molecule has 0 aliphatic rings. The van der Waals surface area contributed by atoms with Crippen LogP contribution < -0.4 is 10.1 Å². The van der Waals surface area contributed by atoms with Gasteiger partial charge in [-0.05, 0) is 55.6 Å². The number of aromatic nitrogens is 3. The number of benzene rings is 1. The number of esters is 1. The van der Waals surface area contributed by atoms with Crippen LogP contribution in [0.5, 0.6) is 5.75 Å². The minimum Gasteiger partial charge on any atom is -0.423 e. The number of rotatable bonds is 4. The first-order valence-corrected chi connectivity index (χ1v) is 9.78. The van der Waals surface area contributed by atoms with Gasteiger partial charge in [0.25, 0.3) is 5.91 Å². The lowest BCUT2D eigenvalue weighted by molar-refractivity contribution is 0.0736. The van der Waals surface area contributed by atoms with Crippen molar-refractivity contribution in [3.63, 3.8) is 0 Å². The Balaban J connectivity index is 1.53. The Hall–Kier alpha value is -3.52. The SMILES string of the molecule is Cc1cc(C(=O)Oc2ccc(NC(=O)c3cccs3)cc2)c2c(C)nn(C)c2n1. The first kappa shape index (κ1) is 18.8. The highest BCUT2D eigenvalue weighted by Gasteiger charge is 2.19. The molecule has 3 aromatic heterocycles. The first-order valence-electron chi connectivity index (χ1n) is 8.90. The molecule has 0 aliphatic heterocycles. The molecule has 0 spiro atoms. The summed E-state index contributed by atoms with van der Waals surface area (Å²) in [5.74, 6) is -0.272. The highest BCUT2D eigenvalue weighted by molar-refractivity contribution is 7.12. The standard InChI is InChI=1S/C21H18N4O3S/c1-12-11-16(18-13(2)24-25(3)19(18)22-12)21(27)28-15-8-6-14(7-9-15)23-20(26)17-5-4-10-29-17/h4-11H,1-3H3,(H,23,26). The van der Waals surface area contributed by atoms with Crippen LogP contribution in [0.15, 0.2) is 47.8 Å². The van der Waals surface area contributed by atoms with Crippen LogP contribution in [-0.2, 0) is 7.05 Å². The molecule has 0 saturated heterocycles. The number of nitrogens with one attached hydrogen (secondary N) is 1. The van der Waals surface area contributed by atoms with Crippen LogP contribution in [0.3, 0.4) is 0 Å². The van der Waals surface area contributed by atoms with E-state index >= 15 is 0 Å². The van der Waals surface area contributed by atoms with E-state index in [0.717, 1.165) is 0 Å². The molecule has 29 heavy (non-hydrogen) atoms. The number of pyridine rings is 1. The molecule has 0 radical (unpaired) electrons. The van der Waals surface area contributed by atoms with Gasteiger partial charge in [-0.1, -0.05) is 6.07 Å². The Morgan fingerprint density at radius 2 is 1.90 bits per heavy atom. The average Bonchev–Trinajstić information content (AvgIpc) is 3.32. The van der Waals surface area contributed by atoms with E-state index in [-0.39, 0.29) is 5.91 Å². The Bertz CT molecular complexity index is 1210. The minimum atomic E-state index is -0.480. The Labute approximate surface area is 171 Å². The second-order valence-electron chi connectivity index (χ2n) is 6.56. The molecule has 1 amide bonds. The fourth-order valence-electron chi connectivity index (χ4n) is 3.10. The number of carbonyl (C=O) groups excluding carboxylic acids is 2. The third kappa shape index (κ3) is 3.74. The maximum absolute atomic E-state index is 12.8. The zero-order valence-corrected chi connectivity index (χ0v) is 16.9. The summed E-state index contributed by atoms with van der Waals surface area (Å²) in [6.07, 6.45) is 0. The van der Waals surface area contributed by atoms with Gasteiger partial charge < -0.3 is 10.1 Å². The predicted octanol–water partition coefficient (Wildman–Crippen LogP) is 4.12. The van der Waals surface area contributed by atoms with Crippen LogP contribution in [-0.4, -0.2) is 26.6 Å². The molecule has 0 unspecified atom stereocenters. The number of ether oxygens (including phenoxy) is 1. The maximum Gasteiger partial charge on any atom is 0.344 e. The van der Waals surface area contributed by atoms with Crippen LogP contribution in [0.1, 0.15) is 31.4 Å². The van der Waals surface area contributed by atoms with Crippen molar-refractivity contribution in [1.82, 2.24) is 14.8 Å². The summed E-state index contributed by atoms with van der Waals surface area (Å²) in [6.45, 7) is 3.66. The lowest BCUT2D eigenvalue weighted by Crippen LogP contribution is -2.11. The molecule has 0 saturated carbocycles. The number of fused-ring (bicyclic) bond motifs is 1. The van der Waals surface area contributed by atoms with E-state index in [9.17, 15) is 9.59 Å². The van der Waals surface area contributed by atoms with Gasteiger partial charge in [0.2, 0.25) is 0 Å². The summed E-state index contributed by atoms with van der Waals surface area (Å²) in [6, 6.07) is 12.0. The van der Waals surface area contributed by atoms with Gasteiger partial charge >= 0.3 is 5.97 Å². The summed E-state index contributed by atoms with van der Waals surface area (Å²) >= 11 is 1.37. The van der Waals surface area contributed by atoms with Crippen molar-refractivity contribution in [2.24, 2.45) is 7.05 Å². The average molecular weight is 406 g/mol. The zero-order chi connectivity index (χ0) is 20.5. The third-order valence-corrected chi connectivity index (χ3v) is 5.25. The van der Waals surface area contributed by atoms with Crippen LogP contribution in [0.4, 0.5) is 5.69 Å². The smallest absolute Gasteiger partial charge is 0.344 e. The van der Waals surface area contributed by atoms with Crippen LogP contribution >= 0.6 is 11.3 Å². The maximum atomic E-state index is 12.8. The Morgan fingerprint density at radius 1 is 1.14 bits per heavy atom. The van der Waals surface area contributed by atoms with Crippen molar-refractivity contribution >= 4 is 39.9 Å². The summed E-state index contributed by atoms with van der Waals surface area (Å²) in [5.41, 5.74) is 3.11. The van der Waals surface area contributed by atoms with Gasteiger partial charge in [0.15, 0.2) is 5.65 Å². The summed E-state index contributed by atoms with van der Waals surface area (Å²) < 4.78 is 7.20. The summed E-state index contributed by atoms with van der Waals surface area (Å²) in [5, 5.41) is 9.69. The number of thiophene rings is 1. The zero-order valence-electron chi connectivity index (χ0n) is 16.1. The number of hydrogen-bond acceptors (Lipinski definition) is 6. The number of amides is 1. The van der Waals surface area contributed by atoms with Gasteiger partial charge in [-0.25, -0.2) is 9.78 Å². The number of hydrogen-bond donors (Lipinski definition) is 1. The quantitative estimate of drug-likeness (QED) is 0.407. The molecule has 146 valence electrons. The fourth-order valence-corrected chi connectivity index (χ4v) is 3.72. The predicted molar refractivity (Wildman–Crippen MR) is 112 cm³/mol. The van der Waals surface area contributed by atoms with E-state index in [4.69, 9.17) is 4.74 Å². The van der Waals surface area contributed by atoms with Crippen molar-refractivity contribution in [2.45, 2.75) is 13.8 Å². The fraction of sp³-hybridized carbons (Fsp3) is 0.143. The largest absolute Gasteiger partial charge is 0.423 e. The van der Waals surface area contributed by atoms with Gasteiger partial charge in [-0.3, -0.25) is 9.48 Å². The van der Waals surface area contributed by atoms with E-state index in [1.165, 1.54) is 11.3 Å². The number of aryl methyl sites for hydroxylation is 3. The molecule has 0 aliphatic carbocycles. The Morgan fingerprint density at radius 3 is 2.59 bits per heavy atom. The van der Waals surface area contributed by atoms with E-state index in [2.05, 4.69) is 15.4 Å². The lowest BCUT2D eigenvalue weighted by atomic mass is 10.1. The topological polar surface area (TPSA) is 86.1 Å². The molecule has 0 bridgehead atoms. The van der Waals surface area contributed by atoms with Gasteiger partial charge in [-0.15, -0.1) is 11.3 Å². The number of carbonyl (C=O) groups is 2. The van der Waals surface area contributed by atoms with Crippen LogP contribution in [0.2, 0.25) is 0 Å². The highest BCUT2D eigenvalue weighted by atomic mass is 32.1. The second-order valence-corrected chi connectivity index (χ2v) is 7.51. The van der Waals surface area contributed by atoms with Crippen molar-refractivity contribution in [1.29, 1.82) is 0 Å². The molecule has 0 atom stereocenters. The van der Waals surface area contributed by atoms with Crippen molar-refractivity contribution < 1.29 is 14.3 Å². The monoisotopic (exact) mass is 406 g/mol. The highest BCUT2D eigenvalue weighted by Crippen LogP contribution is 2.24. The van der Waals surface area contributed by atoms with Crippen molar-refractivity contribution in [3.05, 3.63) is 69.7 Å². The normalized spacial score (nSPS) is 10.9. The lowest BCUT2D eigenvalue weighted by Gasteiger charge is -2.08. The van der Waals surface area contributed by atoms with Gasteiger partial charge in [0, 0.05) is 18.4 Å². The molecule has 1 aromatic carbocycles. The van der Waals surface area contributed by atoms with E-state index in [0.29, 0.717) is 44.3 Å². The first-order chi connectivity index (χ1) is 13.9. The van der Waals surface area contributed by atoms with Crippen LogP contribution in [0, 0.1) is 13.8 Å². The second kappa shape index (κ2) is 7.48. The van der Waals surface area contributed by atoms with Crippen molar-refractivity contribution in [2.75, 3.05) is 5.32 Å². The molecular weight excluding hydrogens is 388 g/mol. The van der Waals surface area contributed by atoms with Crippen molar-refractivity contribution in [3.8, 4) is 5.75 Å². The van der Waals surface area contributed by atoms with E-state index < -0.39 is 5.97 Å². The molecule has 3 heterocycles. The molecule has 0 fully saturated rings. The molecule has 4 rings (SSSR count). The molecule has 4 aromatic rings. The van der Waals surface area contributed by atoms with Gasteiger partial charge in [0.05, 0.1) is 21.5 Å². The molecular formula is C21H18N4O3S. The minimum absolute atomic E-state index is 0.175. The molecule has 1 N–H and O–H groups in total. The molecule has 8 heteroatoms. The van der Waals surface area contributed by atoms with E-state index in [1.807, 2.05) is 25.3 Å². The van der Waals surface area contributed by atoms with Gasteiger partial charge in [0.1, 0.15) is 5.75 Å². The van der Waals surface area contributed by atoms with Crippen LogP contribution in [0.25, 0.3) is 11.0 Å². The Kier molecular flexibility index (Phi) is 4.85. The summed E-state index contributed by atoms with van der Waals surface area (Å²) in [7, 11) is 1.79. The van der Waals surface area contributed by atoms with Gasteiger partial charge in [-0.2, -0.15) is 5.10 Å². The number of nitrogens with zero attached hydrogens (tertiary/aromatic N) is 3. The third-order valence-electron chi connectivity index (χ3n) is 4.38. The van der Waals surface area contributed by atoms with E-state index in [1.54, 1.807) is 48.1 Å².